The largest absolute Gasteiger partial charge is 0.493 e. The lowest BCUT2D eigenvalue weighted by Crippen LogP contribution is -2.54. The Morgan fingerprint density at radius 3 is 2.33 bits per heavy atom. The van der Waals surface area contributed by atoms with Crippen molar-refractivity contribution in [3.8, 4) is 5.75 Å². The molecular formula is C12H16F3NO2. The molecule has 2 unspecified atom stereocenters. The molecule has 0 bridgehead atoms. The number of hydrogen-bond acceptors (Lipinski definition) is 3. The van der Waals surface area contributed by atoms with Crippen LogP contribution in [0.2, 0.25) is 0 Å². The number of alkyl halides is 3. The molecule has 18 heavy (non-hydrogen) atoms. The molecule has 0 saturated carbocycles. The Bertz CT molecular complexity index is 407. The molecule has 0 heterocycles. The van der Waals surface area contributed by atoms with E-state index in [4.69, 9.17) is 10.5 Å². The van der Waals surface area contributed by atoms with Gasteiger partial charge in [0.1, 0.15) is 5.75 Å². The van der Waals surface area contributed by atoms with Gasteiger partial charge in [0, 0.05) is 11.6 Å². The second-order valence-electron chi connectivity index (χ2n) is 3.98. The van der Waals surface area contributed by atoms with Crippen molar-refractivity contribution in [2.24, 2.45) is 5.73 Å². The van der Waals surface area contributed by atoms with Crippen molar-refractivity contribution in [2.45, 2.75) is 31.7 Å². The molecule has 0 aliphatic heterocycles. The van der Waals surface area contributed by atoms with Crippen LogP contribution in [0.4, 0.5) is 13.2 Å². The van der Waals surface area contributed by atoms with E-state index in [2.05, 4.69) is 0 Å². The number of rotatable bonds is 4. The fourth-order valence-electron chi connectivity index (χ4n) is 1.72. The number of hydrogen-bond donors (Lipinski definition) is 2. The van der Waals surface area contributed by atoms with E-state index in [0.29, 0.717) is 0 Å². The van der Waals surface area contributed by atoms with Gasteiger partial charge in [-0.2, -0.15) is 13.2 Å². The summed E-state index contributed by atoms with van der Waals surface area (Å²) in [5.41, 5.74) is 1.84. The zero-order chi connectivity index (χ0) is 14.0. The van der Waals surface area contributed by atoms with Gasteiger partial charge in [0.15, 0.2) is 0 Å². The van der Waals surface area contributed by atoms with Gasteiger partial charge in [-0.15, -0.1) is 0 Å². The minimum absolute atomic E-state index is 0.0166. The molecule has 0 aromatic heterocycles. The highest BCUT2D eigenvalue weighted by Crippen LogP contribution is 2.44. The molecule has 0 aliphatic carbocycles. The predicted octanol–water partition coefficient (Wildman–Crippen LogP) is 2.18. The van der Waals surface area contributed by atoms with Gasteiger partial charge in [0.05, 0.1) is 6.61 Å². The van der Waals surface area contributed by atoms with Gasteiger partial charge >= 0.3 is 6.18 Å². The quantitative estimate of drug-likeness (QED) is 0.875. The van der Waals surface area contributed by atoms with Crippen LogP contribution in [0.25, 0.3) is 0 Å². The maximum Gasteiger partial charge on any atom is 0.423 e. The maximum absolute atomic E-state index is 13.1. The number of benzene rings is 1. The van der Waals surface area contributed by atoms with Crippen molar-refractivity contribution >= 4 is 0 Å². The van der Waals surface area contributed by atoms with Crippen molar-refractivity contribution in [3.63, 3.8) is 0 Å². The van der Waals surface area contributed by atoms with E-state index in [9.17, 15) is 18.3 Å². The lowest BCUT2D eigenvalue weighted by molar-refractivity contribution is -0.273. The molecule has 0 fully saturated rings. The first-order valence-corrected chi connectivity index (χ1v) is 5.52. The van der Waals surface area contributed by atoms with E-state index in [-0.39, 0.29) is 17.9 Å². The molecule has 6 heteroatoms. The summed E-state index contributed by atoms with van der Waals surface area (Å²) in [6, 6.07) is 3.96. The molecule has 0 radical (unpaired) electrons. The number of halogens is 3. The Morgan fingerprint density at radius 1 is 1.33 bits per heavy atom. The van der Waals surface area contributed by atoms with E-state index in [1.807, 2.05) is 0 Å². The summed E-state index contributed by atoms with van der Waals surface area (Å²) in [5.74, 6) is -0.0166. The molecule has 0 saturated heterocycles. The van der Waals surface area contributed by atoms with Crippen LogP contribution in [-0.2, 0) is 5.60 Å². The number of aliphatic hydroxyl groups is 1. The van der Waals surface area contributed by atoms with E-state index < -0.39 is 17.8 Å². The van der Waals surface area contributed by atoms with Crippen LogP contribution < -0.4 is 10.5 Å². The van der Waals surface area contributed by atoms with Crippen molar-refractivity contribution < 1.29 is 23.0 Å². The van der Waals surface area contributed by atoms with Crippen molar-refractivity contribution in [2.75, 3.05) is 6.61 Å². The Morgan fingerprint density at radius 2 is 1.89 bits per heavy atom. The first kappa shape index (κ1) is 14.8. The molecule has 102 valence electrons. The molecular weight excluding hydrogens is 247 g/mol. The van der Waals surface area contributed by atoms with E-state index in [1.54, 1.807) is 6.92 Å². The summed E-state index contributed by atoms with van der Waals surface area (Å²) >= 11 is 0. The Labute approximate surface area is 103 Å². The van der Waals surface area contributed by atoms with Gasteiger partial charge in [-0.1, -0.05) is 18.2 Å². The molecule has 3 N–H and O–H groups in total. The van der Waals surface area contributed by atoms with Crippen LogP contribution in [0.5, 0.6) is 5.75 Å². The molecule has 0 amide bonds. The smallest absolute Gasteiger partial charge is 0.423 e. The fraction of sp³-hybridized carbons (Fsp3) is 0.500. The minimum atomic E-state index is -4.88. The summed E-state index contributed by atoms with van der Waals surface area (Å²) in [4.78, 5) is 0. The summed E-state index contributed by atoms with van der Waals surface area (Å²) in [6.07, 6.45) is -4.88. The van der Waals surface area contributed by atoms with Crippen molar-refractivity contribution in [1.82, 2.24) is 0 Å². The third-order valence-corrected chi connectivity index (χ3v) is 2.69. The zero-order valence-electron chi connectivity index (χ0n) is 10.2. The average molecular weight is 263 g/mol. The van der Waals surface area contributed by atoms with Gasteiger partial charge in [-0.05, 0) is 19.9 Å². The standard InChI is InChI=1S/C12H16F3NO2/c1-3-18-10-7-5-4-6-9(10)11(17,8(2)16)12(13,14)15/h4-8,17H,3,16H2,1-2H3. The first-order valence-electron chi connectivity index (χ1n) is 5.52. The molecule has 1 aromatic carbocycles. The number of para-hydroxylation sites is 1. The molecule has 1 aromatic rings. The van der Waals surface area contributed by atoms with Gasteiger partial charge in [0.2, 0.25) is 5.60 Å². The van der Waals surface area contributed by atoms with E-state index in [0.717, 1.165) is 6.92 Å². The molecule has 1 rings (SSSR count). The van der Waals surface area contributed by atoms with Crippen LogP contribution in [0.15, 0.2) is 24.3 Å². The zero-order valence-corrected chi connectivity index (χ0v) is 10.2. The monoisotopic (exact) mass is 263 g/mol. The van der Waals surface area contributed by atoms with Gasteiger partial charge < -0.3 is 15.6 Å². The van der Waals surface area contributed by atoms with Crippen LogP contribution in [0, 0.1) is 0 Å². The molecule has 2 atom stereocenters. The maximum atomic E-state index is 13.1. The third kappa shape index (κ3) is 2.44. The molecule has 0 aliphatic rings. The first-order chi connectivity index (χ1) is 8.25. The van der Waals surface area contributed by atoms with E-state index in [1.165, 1.54) is 24.3 Å². The Balaban J connectivity index is 3.40. The normalized spacial score (nSPS) is 17.1. The van der Waals surface area contributed by atoms with Crippen LogP contribution in [-0.4, -0.2) is 23.9 Å². The second kappa shape index (κ2) is 5.16. The number of ether oxygens (including phenoxy) is 1. The topological polar surface area (TPSA) is 55.5 Å². The van der Waals surface area contributed by atoms with Gasteiger partial charge in [-0.25, -0.2) is 0 Å². The van der Waals surface area contributed by atoms with Crippen LogP contribution >= 0.6 is 0 Å². The highest BCUT2D eigenvalue weighted by atomic mass is 19.4. The second-order valence-corrected chi connectivity index (χ2v) is 3.98. The van der Waals surface area contributed by atoms with Crippen molar-refractivity contribution in [1.29, 1.82) is 0 Å². The third-order valence-electron chi connectivity index (χ3n) is 2.69. The summed E-state index contributed by atoms with van der Waals surface area (Å²) in [7, 11) is 0. The van der Waals surface area contributed by atoms with Crippen LogP contribution in [0.1, 0.15) is 19.4 Å². The summed E-state index contributed by atoms with van der Waals surface area (Å²) in [6.45, 7) is 2.95. The average Bonchev–Trinajstić information content (AvgIpc) is 2.27. The van der Waals surface area contributed by atoms with E-state index >= 15 is 0 Å². The predicted molar refractivity (Wildman–Crippen MR) is 61.2 cm³/mol. The highest BCUT2D eigenvalue weighted by molar-refractivity contribution is 5.40. The minimum Gasteiger partial charge on any atom is -0.493 e. The number of nitrogens with two attached hydrogens (primary N) is 1. The summed E-state index contributed by atoms with van der Waals surface area (Å²) < 4.78 is 44.3. The van der Waals surface area contributed by atoms with Crippen molar-refractivity contribution in [3.05, 3.63) is 29.8 Å². The van der Waals surface area contributed by atoms with Gasteiger partial charge in [0.25, 0.3) is 0 Å². The Hall–Kier alpha value is -1.27. The summed E-state index contributed by atoms with van der Waals surface area (Å²) in [5, 5.41) is 9.97. The SMILES string of the molecule is CCOc1ccccc1C(O)(C(C)N)C(F)(F)F. The fourth-order valence-corrected chi connectivity index (χ4v) is 1.72. The lowest BCUT2D eigenvalue weighted by atomic mass is 9.86. The molecule has 0 spiro atoms. The highest BCUT2D eigenvalue weighted by Gasteiger charge is 2.58. The Kier molecular flexibility index (Phi) is 4.24. The molecule has 3 nitrogen and oxygen atoms in total. The lowest BCUT2D eigenvalue weighted by Gasteiger charge is -2.35. The van der Waals surface area contributed by atoms with Gasteiger partial charge in [-0.3, -0.25) is 0 Å². The van der Waals surface area contributed by atoms with Crippen LogP contribution in [0.3, 0.4) is 0 Å².